The minimum atomic E-state index is -0.813. The van der Waals surface area contributed by atoms with Crippen LogP contribution < -0.4 is 4.74 Å². The Labute approximate surface area is 154 Å². The SMILES string of the molecule is Cc1cc2c(cc1C)OC(C(=O)N1CCCC(N(C)CC(=O)O)CC1)C2. The van der Waals surface area contributed by atoms with E-state index in [1.54, 1.807) is 0 Å². The average Bonchev–Trinajstić information content (AvgIpc) is 2.81. The molecule has 0 radical (unpaired) electrons. The zero-order valence-electron chi connectivity index (χ0n) is 15.8. The molecule has 0 saturated carbocycles. The first kappa shape index (κ1) is 18.7. The summed E-state index contributed by atoms with van der Waals surface area (Å²) in [6.07, 6.45) is 2.80. The van der Waals surface area contributed by atoms with Gasteiger partial charge in [0.05, 0.1) is 6.54 Å². The number of likely N-dealkylation sites (N-methyl/N-ethyl adjacent to an activating group) is 1. The molecule has 0 aliphatic carbocycles. The van der Waals surface area contributed by atoms with Crippen molar-refractivity contribution in [1.29, 1.82) is 0 Å². The van der Waals surface area contributed by atoms with Crippen molar-refractivity contribution in [2.24, 2.45) is 0 Å². The quantitative estimate of drug-likeness (QED) is 0.889. The molecule has 1 fully saturated rings. The lowest BCUT2D eigenvalue weighted by Gasteiger charge is -2.26. The van der Waals surface area contributed by atoms with E-state index in [9.17, 15) is 9.59 Å². The highest BCUT2D eigenvalue weighted by Crippen LogP contribution is 2.32. The summed E-state index contributed by atoms with van der Waals surface area (Å²) in [6.45, 7) is 5.54. The largest absolute Gasteiger partial charge is 0.480 e. The van der Waals surface area contributed by atoms with Gasteiger partial charge in [-0.3, -0.25) is 14.5 Å². The number of fused-ring (bicyclic) bond motifs is 1. The van der Waals surface area contributed by atoms with Gasteiger partial charge in [-0.2, -0.15) is 0 Å². The highest BCUT2D eigenvalue weighted by atomic mass is 16.5. The van der Waals surface area contributed by atoms with Gasteiger partial charge in [0.15, 0.2) is 6.10 Å². The van der Waals surface area contributed by atoms with Gasteiger partial charge in [0, 0.05) is 25.6 Å². The van der Waals surface area contributed by atoms with E-state index in [2.05, 4.69) is 19.9 Å². The summed E-state index contributed by atoms with van der Waals surface area (Å²) in [5, 5.41) is 8.97. The smallest absolute Gasteiger partial charge is 0.317 e. The van der Waals surface area contributed by atoms with Crippen LogP contribution in [0.5, 0.6) is 5.75 Å². The van der Waals surface area contributed by atoms with Crippen molar-refractivity contribution in [3.8, 4) is 5.75 Å². The number of likely N-dealkylation sites (tertiary alicyclic amines) is 1. The molecule has 2 atom stereocenters. The van der Waals surface area contributed by atoms with E-state index >= 15 is 0 Å². The summed E-state index contributed by atoms with van der Waals surface area (Å²) in [5.74, 6) is 0.0748. The van der Waals surface area contributed by atoms with Crippen LogP contribution in [0.15, 0.2) is 12.1 Å². The molecular weight excluding hydrogens is 332 g/mol. The molecule has 26 heavy (non-hydrogen) atoms. The van der Waals surface area contributed by atoms with Crippen LogP contribution in [0.4, 0.5) is 0 Å². The van der Waals surface area contributed by atoms with Crippen molar-refractivity contribution < 1.29 is 19.4 Å². The average molecular weight is 360 g/mol. The van der Waals surface area contributed by atoms with Crippen molar-refractivity contribution in [2.75, 3.05) is 26.7 Å². The van der Waals surface area contributed by atoms with Crippen LogP contribution in [0, 0.1) is 13.8 Å². The number of benzene rings is 1. The normalized spacial score (nSPS) is 22.7. The van der Waals surface area contributed by atoms with E-state index in [1.165, 1.54) is 11.1 Å². The zero-order valence-corrected chi connectivity index (χ0v) is 15.8. The molecule has 1 N–H and O–H groups in total. The van der Waals surface area contributed by atoms with Gasteiger partial charge in [0.2, 0.25) is 0 Å². The molecule has 2 aliphatic heterocycles. The van der Waals surface area contributed by atoms with Gasteiger partial charge in [-0.1, -0.05) is 6.07 Å². The summed E-state index contributed by atoms with van der Waals surface area (Å²) < 4.78 is 5.95. The predicted molar refractivity (Wildman–Crippen MR) is 98.5 cm³/mol. The maximum Gasteiger partial charge on any atom is 0.317 e. The molecule has 1 saturated heterocycles. The van der Waals surface area contributed by atoms with Crippen molar-refractivity contribution in [3.63, 3.8) is 0 Å². The third-order valence-corrected chi connectivity index (χ3v) is 5.64. The van der Waals surface area contributed by atoms with Crippen LogP contribution in [-0.4, -0.2) is 65.6 Å². The van der Waals surface area contributed by atoms with Crippen LogP contribution in [0.1, 0.15) is 36.0 Å². The summed E-state index contributed by atoms with van der Waals surface area (Å²) in [6, 6.07) is 4.35. The molecule has 142 valence electrons. The van der Waals surface area contributed by atoms with Crippen molar-refractivity contribution in [3.05, 3.63) is 28.8 Å². The Morgan fingerprint density at radius 2 is 1.96 bits per heavy atom. The summed E-state index contributed by atoms with van der Waals surface area (Å²) >= 11 is 0. The molecule has 1 amide bonds. The fourth-order valence-electron chi connectivity index (χ4n) is 3.94. The Morgan fingerprint density at radius 1 is 1.23 bits per heavy atom. The molecule has 3 rings (SSSR count). The van der Waals surface area contributed by atoms with Gasteiger partial charge in [-0.25, -0.2) is 0 Å². The molecule has 2 aliphatic rings. The number of aliphatic carboxylic acids is 1. The standard InChI is InChI=1S/C20H28N2O4/c1-13-9-15-11-18(26-17(15)10-14(13)2)20(25)22-7-4-5-16(6-8-22)21(3)12-19(23)24/h9-10,16,18H,4-8,11-12H2,1-3H3,(H,23,24). The van der Waals surface area contributed by atoms with E-state index in [-0.39, 0.29) is 18.5 Å². The van der Waals surface area contributed by atoms with Gasteiger partial charge < -0.3 is 14.7 Å². The lowest BCUT2D eigenvalue weighted by molar-refractivity contribution is -0.139. The summed E-state index contributed by atoms with van der Waals surface area (Å²) in [4.78, 5) is 27.6. The number of nitrogens with zero attached hydrogens (tertiary/aromatic N) is 2. The summed E-state index contributed by atoms with van der Waals surface area (Å²) in [5.41, 5.74) is 3.51. The number of rotatable bonds is 4. The van der Waals surface area contributed by atoms with Gasteiger partial charge in [0.1, 0.15) is 5.75 Å². The first-order chi connectivity index (χ1) is 12.3. The second kappa shape index (κ2) is 7.66. The third kappa shape index (κ3) is 4.01. The van der Waals surface area contributed by atoms with Crippen LogP contribution >= 0.6 is 0 Å². The van der Waals surface area contributed by atoms with E-state index < -0.39 is 12.1 Å². The fourth-order valence-corrected chi connectivity index (χ4v) is 3.94. The number of hydrogen-bond acceptors (Lipinski definition) is 4. The Hall–Kier alpha value is -2.08. The highest BCUT2D eigenvalue weighted by molar-refractivity contribution is 5.82. The minimum Gasteiger partial charge on any atom is -0.480 e. The number of amides is 1. The number of carbonyl (C=O) groups excluding carboxylic acids is 1. The molecule has 2 heterocycles. The maximum absolute atomic E-state index is 12.9. The number of aryl methyl sites for hydroxylation is 2. The van der Waals surface area contributed by atoms with E-state index in [1.807, 2.05) is 22.9 Å². The van der Waals surface area contributed by atoms with Gasteiger partial charge in [0.25, 0.3) is 5.91 Å². The molecule has 6 heteroatoms. The number of carbonyl (C=O) groups is 2. The predicted octanol–water partition coefficient (Wildman–Crippen LogP) is 2.00. The van der Waals surface area contributed by atoms with Gasteiger partial charge >= 0.3 is 5.97 Å². The molecule has 0 spiro atoms. The Balaban J connectivity index is 1.60. The van der Waals surface area contributed by atoms with Crippen molar-refractivity contribution >= 4 is 11.9 Å². The molecule has 1 aromatic carbocycles. The van der Waals surface area contributed by atoms with Gasteiger partial charge in [-0.15, -0.1) is 0 Å². The first-order valence-corrected chi connectivity index (χ1v) is 9.32. The Kier molecular flexibility index (Phi) is 5.51. The molecular formula is C20H28N2O4. The van der Waals surface area contributed by atoms with Crippen molar-refractivity contribution in [2.45, 2.75) is 51.7 Å². The second-order valence-corrected chi connectivity index (χ2v) is 7.57. The van der Waals surface area contributed by atoms with Crippen LogP contribution in [0.3, 0.4) is 0 Å². The second-order valence-electron chi connectivity index (χ2n) is 7.57. The molecule has 6 nitrogen and oxygen atoms in total. The monoisotopic (exact) mass is 360 g/mol. The highest BCUT2D eigenvalue weighted by Gasteiger charge is 2.34. The van der Waals surface area contributed by atoms with E-state index in [0.29, 0.717) is 19.5 Å². The van der Waals surface area contributed by atoms with E-state index in [4.69, 9.17) is 9.84 Å². The number of carboxylic acids is 1. The Bertz CT molecular complexity index is 672. The Morgan fingerprint density at radius 3 is 2.69 bits per heavy atom. The molecule has 2 unspecified atom stereocenters. The number of hydrogen-bond donors (Lipinski definition) is 1. The minimum absolute atomic E-state index is 0.0400. The van der Waals surface area contributed by atoms with Crippen LogP contribution in [-0.2, 0) is 16.0 Å². The molecule has 0 aromatic heterocycles. The topological polar surface area (TPSA) is 70.1 Å². The fraction of sp³-hybridized carbons (Fsp3) is 0.600. The maximum atomic E-state index is 12.9. The van der Waals surface area contributed by atoms with Crippen LogP contribution in [0.2, 0.25) is 0 Å². The van der Waals surface area contributed by atoms with E-state index in [0.717, 1.165) is 30.6 Å². The number of carboxylic acid groups (broad SMARTS) is 1. The first-order valence-electron chi connectivity index (χ1n) is 9.32. The zero-order chi connectivity index (χ0) is 18.8. The van der Waals surface area contributed by atoms with Crippen molar-refractivity contribution in [1.82, 2.24) is 9.80 Å². The molecule has 1 aromatic rings. The van der Waals surface area contributed by atoms with Gasteiger partial charge in [-0.05, 0) is 62.9 Å². The number of ether oxygens (including phenoxy) is 1. The lowest BCUT2D eigenvalue weighted by atomic mass is 10.0. The lowest BCUT2D eigenvalue weighted by Crippen LogP contribution is -2.42. The summed E-state index contributed by atoms with van der Waals surface area (Å²) in [7, 11) is 1.84. The van der Waals surface area contributed by atoms with Crippen LogP contribution in [0.25, 0.3) is 0 Å². The molecule has 0 bridgehead atoms. The third-order valence-electron chi connectivity index (χ3n) is 5.64.